The Balaban J connectivity index is 2.25. The van der Waals surface area contributed by atoms with E-state index in [0.717, 1.165) is 30.2 Å². The summed E-state index contributed by atoms with van der Waals surface area (Å²) in [6.45, 7) is 4.16. The predicted octanol–water partition coefficient (Wildman–Crippen LogP) is 2.14. The van der Waals surface area contributed by atoms with E-state index in [0.29, 0.717) is 17.2 Å². The lowest BCUT2D eigenvalue weighted by Gasteiger charge is -2.25. The van der Waals surface area contributed by atoms with Gasteiger partial charge in [-0.05, 0) is 24.4 Å². The first-order valence-electron chi connectivity index (χ1n) is 5.55. The Labute approximate surface area is 103 Å². The van der Waals surface area contributed by atoms with Crippen molar-refractivity contribution in [1.29, 1.82) is 0 Å². The largest absolute Gasteiger partial charge is 0.298 e. The van der Waals surface area contributed by atoms with Crippen LogP contribution < -0.4 is 0 Å². The zero-order valence-corrected chi connectivity index (χ0v) is 11.1. The van der Waals surface area contributed by atoms with Gasteiger partial charge in [-0.15, -0.1) is 10.2 Å². The van der Waals surface area contributed by atoms with Crippen LogP contribution in [0.5, 0.6) is 0 Å². The molecule has 2 rings (SSSR count). The van der Waals surface area contributed by atoms with Crippen LogP contribution in [-0.2, 0) is 10.8 Å². The van der Waals surface area contributed by atoms with Crippen molar-refractivity contribution in [2.75, 3.05) is 11.5 Å². The van der Waals surface area contributed by atoms with Gasteiger partial charge in [-0.25, -0.2) is 0 Å². The minimum absolute atomic E-state index is 0.312. The van der Waals surface area contributed by atoms with Gasteiger partial charge in [0.25, 0.3) is 0 Å². The summed E-state index contributed by atoms with van der Waals surface area (Å²) in [5.41, 5.74) is 0. The lowest BCUT2D eigenvalue weighted by atomic mass is 10.1. The minimum Gasteiger partial charge on any atom is -0.298 e. The summed E-state index contributed by atoms with van der Waals surface area (Å²) in [6, 6.07) is 0.317. The van der Waals surface area contributed by atoms with E-state index in [-0.39, 0.29) is 0 Å². The first-order chi connectivity index (χ1) is 7.59. The molecule has 0 saturated carbocycles. The molecule has 0 unspecified atom stereocenters. The molecular formula is C10H16ClN3OS. The second-order valence-electron chi connectivity index (χ2n) is 4.43. The van der Waals surface area contributed by atoms with E-state index in [1.165, 1.54) is 0 Å². The third kappa shape index (κ3) is 2.30. The van der Waals surface area contributed by atoms with E-state index < -0.39 is 10.8 Å². The Morgan fingerprint density at radius 3 is 2.56 bits per heavy atom. The van der Waals surface area contributed by atoms with Gasteiger partial charge in [0.2, 0.25) is 5.28 Å². The molecule has 0 bridgehead atoms. The maximum Gasteiger partial charge on any atom is 0.225 e. The third-order valence-electron chi connectivity index (χ3n) is 2.92. The fourth-order valence-electron chi connectivity index (χ4n) is 2.05. The molecule has 1 fully saturated rings. The van der Waals surface area contributed by atoms with Crippen LogP contribution >= 0.6 is 11.6 Å². The van der Waals surface area contributed by atoms with Crippen molar-refractivity contribution in [3.63, 3.8) is 0 Å². The molecule has 0 radical (unpaired) electrons. The van der Waals surface area contributed by atoms with E-state index in [9.17, 15) is 4.21 Å². The molecule has 1 aliphatic rings. The van der Waals surface area contributed by atoms with E-state index in [1.807, 2.05) is 4.57 Å². The van der Waals surface area contributed by atoms with Crippen molar-refractivity contribution in [1.82, 2.24) is 14.8 Å². The normalized spacial score (nSPS) is 26.2. The molecule has 4 nitrogen and oxygen atoms in total. The Bertz CT molecular complexity index is 395. The Morgan fingerprint density at radius 1 is 1.38 bits per heavy atom. The van der Waals surface area contributed by atoms with E-state index >= 15 is 0 Å². The van der Waals surface area contributed by atoms with Crippen molar-refractivity contribution in [3.05, 3.63) is 11.1 Å². The van der Waals surface area contributed by atoms with Gasteiger partial charge in [-0.1, -0.05) is 13.8 Å². The van der Waals surface area contributed by atoms with Gasteiger partial charge in [0.1, 0.15) is 5.82 Å². The first kappa shape index (κ1) is 12.0. The molecule has 0 spiro atoms. The molecule has 1 aliphatic heterocycles. The lowest BCUT2D eigenvalue weighted by molar-refractivity contribution is 0.440. The summed E-state index contributed by atoms with van der Waals surface area (Å²) in [6.07, 6.45) is 1.81. The number of nitrogens with zero attached hydrogens (tertiary/aromatic N) is 3. The van der Waals surface area contributed by atoms with Gasteiger partial charge in [-0.3, -0.25) is 8.78 Å². The molecule has 1 aromatic heterocycles. The maximum atomic E-state index is 11.3. The molecule has 2 heterocycles. The number of halogens is 1. The molecule has 0 aromatic carbocycles. The summed E-state index contributed by atoms with van der Waals surface area (Å²) in [5.74, 6) is 2.77. The highest BCUT2D eigenvalue weighted by Crippen LogP contribution is 2.29. The van der Waals surface area contributed by atoms with E-state index in [1.54, 1.807) is 0 Å². The third-order valence-corrected chi connectivity index (χ3v) is 4.56. The van der Waals surface area contributed by atoms with Crippen LogP contribution in [0.1, 0.15) is 44.5 Å². The molecule has 1 aromatic rings. The van der Waals surface area contributed by atoms with Gasteiger partial charge in [-0.2, -0.15) is 0 Å². The summed E-state index contributed by atoms with van der Waals surface area (Å²) < 4.78 is 13.3. The van der Waals surface area contributed by atoms with Crippen LogP contribution in [0.4, 0.5) is 0 Å². The van der Waals surface area contributed by atoms with Gasteiger partial charge < -0.3 is 0 Å². The van der Waals surface area contributed by atoms with Gasteiger partial charge in [0.15, 0.2) is 0 Å². The smallest absolute Gasteiger partial charge is 0.225 e. The highest BCUT2D eigenvalue weighted by atomic mass is 35.5. The standard InChI is InChI=1S/C10H16ClN3OS/c1-7(2)9-12-13-10(11)14(9)8-3-5-16(15)6-4-8/h7-8H,3-6H2,1-2H3. The Kier molecular flexibility index (Phi) is 3.64. The number of hydrogen-bond donors (Lipinski definition) is 0. The van der Waals surface area contributed by atoms with Crippen LogP contribution in [0.2, 0.25) is 5.28 Å². The van der Waals surface area contributed by atoms with Crippen molar-refractivity contribution in [3.8, 4) is 0 Å². The molecule has 16 heavy (non-hydrogen) atoms. The zero-order valence-electron chi connectivity index (χ0n) is 9.52. The average Bonchev–Trinajstić information content (AvgIpc) is 2.62. The number of aromatic nitrogens is 3. The minimum atomic E-state index is -0.644. The average molecular weight is 262 g/mol. The van der Waals surface area contributed by atoms with Crippen molar-refractivity contribution >= 4 is 22.4 Å². The predicted molar refractivity (Wildman–Crippen MR) is 65.3 cm³/mol. The second kappa shape index (κ2) is 4.84. The van der Waals surface area contributed by atoms with E-state index in [4.69, 9.17) is 11.6 Å². The summed E-state index contributed by atoms with van der Waals surface area (Å²) >= 11 is 6.07. The van der Waals surface area contributed by atoms with Gasteiger partial charge in [0.05, 0.1) is 0 Å². The van der Waals surface area contributed by atoms with Crippen LogP contribution in [-0.4, -0.2) is 30.5 Å². The number of hydrogen-bond acceptors (Lipinski definition) is 3. The number of rotatable bonds is 2. The Morgan fingerprint density at radius 2 is 2.00 bits per heavy atom. The molecular weight excluding hydrogens is 246 g/mol. The Hall–Kier alpha value is -0.420. The van der Waals surface area contributed by atoms with Crippen molar-refractivity contribution in [2.24, 2.45) is 0 Å². The van der Waals surface area contributed by atoms with Crippen molar-refractivity contribution < 1.29 is 4.21 Å². The highest BCUT2D eigenvalue weighted by Gasteiger charge is 2.25. The molecule has 6 heteroatoms. The first-order valence-corrected chi connectivity index (χ1v) is 7.41. The summed E-state index contributed by atoms with van der Waals surface area (Å²) in [7, 11) is -0.644. The van der Waals surface area contributed by atoms with Crippen LogP contribution in [0, 0.1) is 0 Å². The summed E-state index contributed by atoms with van der Waals surface area (Å²) in [4.78, 5) is 0. The zero-order chi connectivity index (χ0) is 11.7. The van der Waals surface area contributed by atoms with Gasteiger partial charge in [0, 0.05) is 34.3 Å². The molecule has 0 atom stereocenters. The molecule has 0 aliphatic carbocycles. The van der Waals surface area contributed by atoms with Crippen LogP contribution in [0.15, 0.2) is 0 Å². The van der Waals surface area contributed by atoms with Crippen molar-refractivity contribution in [2.45, 2.75) is 38.6 Å². The molecule has 90 valence electrons. The van der Waals surface area contributed by atoms with Crippen LogP contribution in [0.25, 0.3) is 0 Å². The summed E-state index contributed by atoms with van der Waals surface area (Å²) in [5, 5.41) is 8.51. The highest BCUT2D eigenvalue weighted by molar-refractivity contribution is 7.85. The fourth-order valence-corrected chi connectivity index (χ4v) is 3.59. The molecule has 0 amide bonds. The SMILES string of the molecule is CC(C)c1nnc(Cl)n1C1CCS(=O)CC1. The molecule has 0 N–H and O–H groups in total. The van der Waals surface area contributed by atoms with E-state index in [2.05, 4.69) is 24.0 Å². The topological polar surface area (TPSA) is 47.8 Å². The lowest BCUT2D eigenvalue weighted by Crippen LogP contribution is -2.23. The maximum absolute atomic E-state index is 11.3. The van der Waals surface area contributed by atoms with Crippen LogP contribution in [0.3, 0.4) is 0 Å². The van der Waals surface area contributed by atoms with Gasteiger partial charge >= 0.3 is 0 Å². The monoisotopic (exact) mass is 261 g/mol. The fraction of sp³-hybridized carbons (Fsp3) is 0.800. The second-order valence-corrected chi connectivity index (χ2v) is 6.47. The molecule has 1 saturated heterocycles. The quantitative estimate of drug-likeness (QED) is 0.820.